The highest BCUT2D eigenvalue weighted by atomic mass is 35.5. The molecule has 1 N–H and O–H groups in total. The molecule has 0 aliphatic carbocycles. The molecule has 0 unspecified atom stereocenters. The first-order valence-corrected chi connectivity index (χ1v) is 6.20. The lowest BCUT2D eigenvalue weighted by Gasteiger charge is -2.05. The second-order valence-electron chi connectivity index (χ2n) is 3.86. The minimum Gasteiger partial charge on any atom is -0.383 e. The second-order valence-corrected chi connectivity index (χ2v) is 4.74. The minimum absolute atomic E-state index is 0.656. The van der Waals surface area contributed by atoms with E-state index in [4.69, 9.17) is 27.9 Å². The number of methoxy groups -OCH3 is 1. The van der Waals surface area contributed by atoms with E-state index in [1.54, 1.807) is 13.2 Å². The molecule has 17 heavy (non-hydrogen) atoms. The summed E-state index contributed by atoms with van der Waals surface area (Å²) in [5, 5.41) is 4.59. The van der Waals surface area contributed by atoms with Crippen molar-refractivity contribution < 1.29 is 4.74 Å². The maximum Gasteiger partial charge on any atom is 0.0587 e. The van der Waals surface area contributed by atoms with Gasteiger partial charge in [0.1, 0.15) is 0 Å². The van der Waals surface area contributed by atoms with Crippen LogP contribution in [0.15, 0.2) is 23.8 Å². The van der Waals surface area contributed by atoms with Crippen LogP contribution in [0.1, 0.15) is 12.5 Å². The predicted molar refractivity (Wildman–Crippen MR) is 74.9 cm³/mol. The summed E-state index contributed by atoms with van der Waals surface area (Å²) in [4.78, 5) is 0. The monoisotopic (exact) mass is 273 g/mol. The van der Waals surface area contributed by atoms with Crippen LogP contribution in [0.5, 0.6) is 0 Å². The summed E-state index contributed by atoms with van der Waals surface area (Å²) in [7, 11) is 1.69. The summed E-state index contributed by atoms with van der Waals surface area (Å²) in [6.45, 7) is 4.45. The van der Waals surface area contributed by atoms with E-state index < -0.39 is 0 Å². The quantitative estimate of drug-likeness (QED) is 0.800. The third-order valence-electron chi connectivity index (χ3n) is 2.18. The average Bonchev–Trinajstić information content (AvgIpc) is 2.23. The Morgan fingerprint density at radius 3 is 2.53 bits per heavy atom. The lowest BCUT2D eigenvalue weighted by Crippen LogP contribution is -2.20. The van der Waals surface area contributed by atoms with Crippen molar-refractivity contribution in [1.29, 1.82) is 0 Å². The first kappa shape index (κ1) is 14.5. The van der Waals surface area contributed by atoms with E-state index in [1.807, 2.05) is 12.1 Å². The van der Waals surface area contributed by atoms with Gasteiger partial charge in [-0.3, -0.25) is 0 Å². The molecule has 0 fully saturated rings. The number of hydrogen-bond donors (Lipinski definition) is 1. The average molecular weight is 274 g/mol. The van der Waals surface area contributed by atoms with Crippen LogP contribution in [0.25, 0.3) is 6.08 Å². The number of rotatable bonds is 6. The predicted octanol–water partition coefficient (Wildman–Crippen LogP) is 3.63. The zero-order chi connectivity index (χ0) is 12.7. The molecule has 0 saturated heterocycles. The molecule has 1 rings (SSSR count). The topological polar surface area (TPSA) is 21.3 Å². The number of benzene rings is 1. The Morgan fingerprint density at radius 2 is 1.94 bits per heavy atom. The summed E-state index contributed by atoms with van der Waals surface area (Å²) >= 11 is 11.9. The van der Waals surface area contributed by atoms with Gasteiger partial charge in [-0.15, -0.1) is 0 Å². The molecule has 0 aliphatic heterocycles. The van der Waals surface area contributed by atoms with Gasteiger partial charge in [0.15, 0.2) is 0 Å². The standard InChI is InChI=1S/C13H17Cl2NO/c1-10(9-16-3-4-17-2)5-11-6-12(14)8-13(15)7-11/h5-8,16H,3-4,9H2,1-2H3. The van der Waals surface area contributed by atoms with Crippen molar-refractivity contribution in [2.24, 2.45) is 0 Å². The molecule has 4 heteroatoms. The molecule has 2 nitrogen and oxygen atoms in total. The van der Waals surface area contributed by atoms with Crippen molar-refractivity contribution >= 4 is 29.3 Å². The first-order chi connectivity index (χ1) is 8.11. The molecule has 0 radical (unpaired) electrons. The molecular weight excluding hydrogens is 257 g/mol. The number of halogens is 2. The zero-order valence-electron chi connectivity index (χ0n) is 10.1. The van der Waals surface area contributed by atoms with Crippen molar-refractivity contribution in [3.8, 4) is 0 Å². The fraction of sp³-hybridized carbons (Fsp3) is 0.385. The largest absolute Gasteiger partial charge is 0.383 e. The number of nitrogens with one attached hydrogen (secondary N) is 1. The van der Waals surface area contributed by atoms with Crippen LogP contribution < -0.4 is 5.32 Å². The molecule has 1 aromatic rings. The first-order valence-electron chi connectivity index (χ1n) is 5.44. The lowest BCUT2D eigenvalue weighted by atomic mass is 10.1. The van der Waals surface area contributed by atoms with Crippen molar-refractivity contribution in [2.45, 2.75) is 6.92 Å². The van der Waals surface area contributed by atoms with E-state index in [-0.39, 0.29) is 0 Å². The Morgan fingerprint density at radius 1 is 1.29 bits per heavy atom. The van der Waals surface area contributed by atoms with Gasteiger partial charge >= 0.3 is 0 Å². The molecule has 0 aliphatic rings. The number of ether oxygens (including phenoxy) is 1. The molecular formula is C13H17Cl2NO. The SMILES string of the molecule is COCCNCC(C)=Cc1cc(Cl)cc(Cl)c1. The summed E-state index contributed by atoms with van der Waals surface area (Å²) in [6.07, 6.45) is 2.07. The van der Waals surface area contributed by atoms with Gasteiger partial charge in [-0.2, -0.15) is 0 Å². The van der Waals surface area contributed by atoms with E-state index >= 15 is 0 Å². The maximum atomic E-state index is 5.93. The highest BCUT2D eigenvalue weighted by Crippen LogP contribution is 2.20. The van der Waals surface area contributed by atoms with Crippen molar-refractivity contribution in [2.75, 3.05) is 26.8 Å². The Balaban J connectivity index is 2.54. The molecule has 0 bridgehead atoms. The molecule has 0 heterocycles. The highest BCUT2D eigenvalue weighted by Gasteiger charge is 1.97. The van der Waals surface area contributed by atoms with Gasteiger partial charge in [0, 0.05) is 30.2 Å². The maximum absolute atomic E-state index is 5.93. The van der Waals surface area contributed by atoms with Gasteiger partial charge in [-0.1, -0.05) is 34.9 Å². The molecule has 0 spiro atoms. The lowest BCUT2D eigenvalue weighted by molar-refractivity contribution is 0.200. The molecule has 0 saturated carbocycles. The van der Waals surface area contributed by atoms with Gasteiger partial charge < -0.3 is 10.1 Å². The summed E-state index contributed by atoms with van der Waals surface area (Å²) in [6, 6.07) is 5.52. The highest BCUT2D eigenvalue weighted by molar-refractivity contribution is 6.34. The van der Waals surface area contributed by atoms with Gasteiger partial charge in [0.05, 0.1) is 6.61 Å². The van der Waals surface area contributed by atoms with Crippen LogP contribution in [0.3, 0.4) is 0 Å². The zero-order valence-corrected chi connectivity index (χ0v) is 11.6. The van der Waals surface area contributed by atoms with Crippen molar-refractivity contribution in [1.82, 2.24) is 5.32 Å². The molecule has 94 valence electrons. The summed E-state index contributed by atoms with van der Waals surface area (Å²) in [5.74, 6) is 0. The fourth-order valence-electron chi connectivity index (χ4n) is 1.45. The Kier molecular flexibility index (Phi) is 6.60. The fourth-order valence-corrected chi connectivity index (χ4v) is 2.00. The third kappa shape index (κ3) is 6.08. The van der Waals surface area contributed by atoms with E-state index in [0.717, 1.165) is 25.3 Å². The van der Waals surface area contributed by atoms with Gasteiger partial charge in [-0.05, 0) is 30.7 Å². The van der Waals surface area contributed by atoms with Gasteiger partial charge in [0.25, 0.3) is 0 Å². The van der Waals surface area contributed by atoms with Crippen LogP contribution in [0.4, 0.5) is 0 Å². The van der Waals surface area contributed by atoms with Crippen LogP contribution in [0.2, 0.25) is 10.0 Å². The Bertz CT molecular complexity index is 371. The molecule has 0 amide bonds. The Labute approximate surface area is 113 Å². The van der Waals surface area contributed by atoms with Crippen LogP contribution >= 0.6 is 23.2 Å². The normalized spacial score (nSPS) is 11.9. The van der Waals surface area contributed by atoms with E-state index in [0.29, 0.717) is 10.0 Å². The summed E-state index contributed by atoms with van der Waals surface area (Å²) < 4.78 is 4.96. The third-order valence-corrected chi connectivity index (χ3v) is 2.62. The second kappa shape index (κ2) is 7.72. The van der Waals surface area contributed by atoms with Gasteiger partial charge in [0.2, 0.25) is 0 Å². The molecule has 0 aromatic heterocycles. The van der Waals surface area contributed by atoms with Crippen LogP contribution in [0, 0.1) is 0 Å². The van der Waals surface area contributed by atoms with E-state index in [9.17, 15) is 0 Å². The van der Waals surface area contributed by atoms with E-state index in [2.05, 4.69) is 18.3 Å². The molecule has 0 atom stereocenters. The van der Waals surface area contributed by atoms with Crippen LogP contribution in [-0.4, -0.2) is 26.8 Å². The van der Waals surface area contributed by atoms with Gasteiger partial charge in [-0.25, -0.2) is 0 Å². The number of hydrogen-bond acceptors (Lipinski definition) is 2. The van der Waals surface area contributed by atoms with E-state index in [1.165, 1.54) is 5.57 Å². The smallest absolute Gasteiger partial charge is 0.0587 e. The van der Waals surface area contributed by atoms with Crippen LogP contribution in [-0.2, 0) is 4.74 Å². The molecule has 1 aromatic carbocycles. The Hall–Kier alpha value is -0.540. The minimum atomic E-state index is 0.656. The van der Waals surface area contributed by atoms with Crippen molar-refractivity contribution in [3.05, 3.63) is 39.4 Å². The van der Waals surface area contributed by atoms with Crippen molar-refractivity contribution in [3.63, 3.8) is 0 Å². The summed E-state index contributed by atoms with van der Waals surface area (Å²) in [5.41, 5.74) is 2.24.